The van der Waals surface area contributed by atoms with Gasteiger partial charge in [-0.05, 0) is 61.6 Å². The number of hydrogen-bond acceptors (Lipinski definition) is 3. The molecule has 170 valence electrons. The van der Waals surface area contributed by atoms with Gasteiger partial charge in [-0.3, -0.25) is 9.59 Å². The molecule has 0 bridgehead atoms. The molecule has 1 aliphatic heterocycles. The fourth-order valence-electron chi connectivity index (χ4n) is 4.18. The first-order chi connectivity index (χ1) is 16.0. The van der Waals surface area contributed by atoms with E-state index in [1.165, 1.54) is 5.56 Å². The molecule has 0 saturated carbocycles. The summed E-state index contributed by atoms with van der Waals surface area (Å²) in [4.78, 5) is 27.1. The molecule has 1 heterocycles. The molecule has 5 nitrogen and oxygen atoms in total. The van der Waals surface area contributed by atoms with Crippen LogP contribution in [-0.4, -0.2) is 42.5 Å². The van der Waals surface area contributed by atoms with Gasteiger partial charge in [0.25, 0.3) is 11.8 Å². The minimum Gasteiger partial charge on any atom is -0.484 e. The van der Waals surface area contributed by atoms with Crippen LogP contribution in [-0.2, 0) is 4.79 Å². The van der Waals surface area contributed by atoms with E-state index in [-0.39, 0.29) is 24.5 Å². The highest BCUT2D eigenvalue weighted by Crippen LogP contribution is 2.21. The largest absolute Gasteiger partial charge is 0.484 e. The van der Waals surface area contributed by atoms with Crippen LogP contribution in [0, 0.1) is 13.8 Å². The lowest BCUT2D eigenvalue weighted by atomic mass is 10.0. The van der Waals surface area contributed by atoms with Crippen molar-refractivity contribution in [1.29, 1.82) is 0 Å². The quantitative estimate of drug-likeness (QED) is 0.598. The van der Waals surface area contributed by atoms with Gasteiger partial charge in [-0.15, -0.1) is 0 Å². The molecule has 5 heteroatoms. The number of likely N-dealkylation sites (tertiary alicyclic amines) is 1. The molecule has 0 atom stereocenters. The number of nitrogens with zero attached hydrogens (tertiary/aromatic N) is 1. The Bertz CT molecular complexity index is 1100. The van der Waals surface area contributed by atoms with Crippen LogP contribution in [0.2, 0.25) is 0 Å². The van der Waals surface area contributed by atoms with Gasteiger partial charge in [-0.2, -0.15) is 0 Å². The molecule has 33 heavy (non-hydrogen) atoms. The number of amides is 2. The first-order valence-electron chi connectivity index (χ1n) is 11.4. The third-order valence-corrected chi connectivity index (χ3v) is 6.12. The van der Waals surface area contributed by atoms with E-state index in [0.717, 1.165) is 35.3 Å². The summed E-state index contributed by atoms with van der Waals surface area (Å²) in [6, 6.07) is 23.8. The number of piperidine rings is 1. The molecule has 0 aromatic heterocycles. The van der Waals surface area contributed by atoms with E-state index in [1.807, 2.05) is 79.4 Å². The molecule has 3 aromatic rings. The van der Waals surface area contributed by atoms with Gasteiger partial charge in [0.05, 0.1) is 0 Å². The second-order valence-corrected chi connectivity index (χ2v) is 8.63. The molecule has 0 spiro atoms. The summed E-state index contributed by atoms with van der Waals surface area (Å²) in [7, 11) is 0. The average Bonchev–Trinajstić information content (AvgIpc) is 2.84. The smallest absolute Gasteiger partial charge is 0.260 e. The highest BCUT2D eigenvalue weighted by Gasteiger charge is 2.24. The summed E-state index contributed by atoms with van der Waals surface area (Å²) >= 11 is 0. The van der Waals surface area contributed by atoms with Crippen LogP contribution < -0.4 is 10.1 Å². The van der Waals surface area contributed by atoms with Gasteiger partial charge in [-0.1, -0.05) is 60.2 Å². The summed E-state index contributed by atoms with van der Waals surface area (Å²) in [6.45, 7) is 5.29. The second kappa shape index (κ2) is 10.3. The molecule has 0 radical (unpaired) electrons. The van der Waals surface area contributed by atoms with E-state index < -0.39 is 0 Å². The first kappa shape index (κ1) is 22.6. The van der Waals surface area contributed by atoms with Crippen LogP contribution in [0.15, 0.2) is 72.8 Å². The fourth-order valence-corrected chi connectivity index (χ4v) is 4.18. The number of ether oxygens (including phenoxy) is 1. The summed E-state index contributed by atoms with van der Waals surface area (Å²) < 4.78 is 5.74. The Morgan fingerprint density at radius 1 is 0.909 bits per heavy atom. The van der Waals surface area contributed by atoms with Crippen LogP contribution in [0.5, 0.6) is 5.75 Å². The molecular formula is C28H30N2O3. The van der Waals surface area contributed by atoms with E-state index in [1.54, 1.807) is 0 Å². The minimum absolute atomic E-state index is 0.0174. The molecule has 1 fully saturated rings. The average molecular weight is 443 g/mol. The maximum Gasteiger partial charge on any atom is 0.260 e. The zero-order valence-electron chi connectivity index (χ0n) is 19.2. The Kier molecular flexibility index (Phi) is 7.08. The molecular weight excluding hydrogens is 412 g/mol. The summed E-state index contributed by atoms with van der Waals surface area (Å²) in [5.41, 5.74) is 5.06. The first-order valence-corrected chi connectivity index (χ1v) is 11.4. The monoisotopic (exact) mass is 442 g/mol. The number of benzene rings is 3. The van der Waals surface area contributed by atoms with Gasteiger partial charge in [0.2, 0.25) is 0 Å². The molecule has 1 N–H and O–H groups in total. The molecule has 3 aromatic carbocycles. The van der Waals surface area contributed by atoms with Gasteiger partial charge in [-0.25, -0.2) is 0 Å². The van der Waals surface area contributed by atoms with Crippen molar-refractivity contribution in [3.63, 3.8) is 0 Å². The Morgan fingerprint density at radius 2 is 1.58 bits per heavy atom. The molecule has 1 aliphatic rings. The molecule has 4 rings (SSSR count). The summed E-state index contributed by atoms with van der Waals surface area (Å²) in [6.07, 6.45) is 1.48. The zero-order valence-corrected chi connectivity index (χ0v) is 19.2. The number of carbonyl (C=O) groups excluding carboxylic acids is 2. The fraction of sp³-hybridized carbons (Fsp3) is 0.286. The van der Waals surface area contributed by atoms with E-state index >= 15 is 0 Å². The zero-order chi connectivity index (χ0) is 23.2. The van der Waals surface area contributed by atoms with Crippen LogP contribution in [0.1, 0.15) is 34.3 Å². The number of nitrogens with one attached hydrogen (secondary N) is 1. The van der Waals surface area contributed by atoms with Crippen molar-refractivity contribution in [2.45, 2.75) is 32.7 Å². The van der Waals surface area contributed by atoms with Crippen LogP contribution in [0.25, 0.3) is 11.1 Å². The third-order valence-electron chi connectivity index (χ3n) is 6.12. The van der Waals surface area contributed by atoms with Crippen LogP contribution >= 0.6 is 0 Å². The van der Waals surface area contributed by atoms with Gasteiger partial charge < -0.3 is 15.0 Å². The maximum absolute atomic E-state index is 12.7. The van der Waals surface area contributed by atoms with Gasteiger partial charge in [0.1, 0.15) is 5.75 Å². The number of carbonyl (C=O) groups is 2. The predicted molar refractivity (Wildman–Crippen MR) is 130 cm³/mol. The van der Waals surface area contributed by atoms with Crippen molar-refractivity contribution >= 4 is 11.8 Å². The molecule has 0 unspecified atom stereocenters. The predicted octanol–water partition coefficient (Wildman–Crippen LogP) is 4.77. The topological polar surface area (TPSA) is 58.6 Å². The van der Waals surface area contributed by atoms with Gasteiger partial charge in [0.15, 0.2) is 6.61 Å². The molecule has 0 aliphatic carbocycles. The van der Waals surface area contributed by atoms with E-state index in [9.17, 15) is 9.59 Å². The maximum atomic E-state index is 12.7. The van der Waals surface area contributed by atoms with Crippen molar-refractivity contribution in [1.82, 2.24) is 10.2 Å². The highest BCUT2D eigenvalue weighted by atomic mass is 16.5. The minimum atomic E-state index is -0.0717. The third kappa shape index (κ3) is 5.80. The second-order valence-electron chi connectivity index (χ2n) is 8.63. The van der Waals surface area contributed by atoms with E-state index in [0.29, 0.717) is 18.7 Å². The lowest BCUT2D eigenvalue weighted by Gasteiger charge is -2.32. The lowest BCUT2D eigenvalue weighted by molar-refractivity contribution is -0.134. The summed E-state index contributed by atoms with van der Waals surface area (Å²) in [5.74, 6) is 0.656. The Hall–Kier alpha value is -3.60. The van der Waals surface area contributed by atoms with Crippen molar-refractivity contribution < 1.29 is 14.3 Å². The van der Waals surface area contributed by atoms with Gasteiger partial charge in [0, 0.05) is 24.7 Å². The van der Waals surface area contributed by atoms with Gasteiger partial charge >= 0.3 is 0 Å². The normalized spacial score (nSPS) is 14.1. The Labute approximate surface area is 195 Å². The van der Waals surface area contributed by atoms with Crippen molar-refractivity contribution in [3.05, 3.63) is 89.5 Å². The number of aryl methyl sites for hydroxylation is 2. The Morgan fingerprint density at radius 3 is 2.24 bits per heavy atom. The van der Waals surface area contributed by atoms with E-state index in [2.05, 4.69) is 17.4 Å². The Balaban J connectivity index is 1.24. The van der Waals surface area contributed by atoms with E-state index in [4.69, 9.17) is 4.74 Å². The summed E-state index contributed by atoms with van der Waals surface area (Å²) in [5, 5.41) is 3.12. The van der Waals surface area contributed by atoms with Crippen LogP contribution in [0.3, 0.4) is 0 Å². The highest BCUT2D eigenvalue weighted by molar-refractivity contribution is 5.94. The van der Waals surface area contributed by atoms with Crippen molar-refractivity contribution in [2.75, 3.05) is 19.7 Å². The van der Waals surface area contributed by atoms with Crippen molar-refractivity contribution in [3.8, 4) is 16.9 Å². The standard InChI is InChI=1S/C28H30N2O3/c1-20-8-13-26(21(2)18-20)33-19-27(31)30-16-14-25(15-17-30)29-28(32)24-11-9-23(10-12-24)22-6-4-3-5-7-22/h3-13,18,25H,14-17,19H2,1-2H3,(H,29,32). The van der Waals surface area contributed by atoms with Crippen molar-refractivity contribution in [2.24, 2.45) is 0 Å². The molecule has 2 amide bonds. The number of rotatable bonds is 6. The molecule has 1 saturated heterocycles. The SMILES string of the molecule is Cc1ccc(OCC(=O)N2CCC(NC(=O)c3ccc(-c4ccccc4)cc3)CC2)c(C)c1. The lowest BCUT2D eigenvalue weighted by Crippen LogP contribution is -2.47. The number of hydrogen-bond donors (Lipinski definition) is 1. The van der Waals surface area contributed by atoms with Crippen LogP contribution in [0.4, 0.5) is 0 Å².